The van der Waals surface area contributed by atoms with Crippen molar-refractivity contribution in [1.29, 1.82) is 0 Å². The number of carbonyl (C=O) groups is 2. The second-order valence-electron chi connectivity index (χ2n) is 10.1. The maximum atomic E-state index is 13.5. The molecule has 2 aromatic heterocycles. The van der Waals surface area contributed by atoms with Crippen LogP contribution in [0, 0.1) is 11.8 Å². The summed E-state index contributed by atoms with van der Waals surface area (Å²) in [6, 6.07) is 14.7. The van der Waals surface area contributed by atoms with E-state index in [1.54, 1.807) is 23.1 Å². The molecule has 1 amide bonds. The number of ether oxygens (including phenoxy) is 1. The lowest BCUT2D eigenvalue weighted by Crippen LogP contribution is -2.39. The number of anilines is 1. The van der Waals surface area contributed by atoms with E-state index >= 15 is 0 Å². The fraction of sp³-hybridized carbons (Fsp3) is 0.357. The molecule has 1 aliphatic heterocycles. The largest absolute Gasteiger partial charge is 0.444 e. The minimum absolute atomic E-state index is 0.102. The van der Waals surface area contributed by atoms with Gasteiger partial charge in [0, 0.05) is 37.9 Å². The molecule has 0 bridgehead atoms. The summed E-state index contributed by atoms with van der Waals surface area (Å²) in [5.41, 5.74) is 2.44. The van der Waals surface area contributed by atoms with Crippen LogP contribution in [0.2, 0.25) is 0 Å². The summed E-state index contributed by atoms with van der Waals surface area (Å²) in [6.45, 7) is 9.82. The highest BCUT2D eigenvalue weighted by atomic mass is 16.6. The molecule has 0 saturated carbocycles. The molecular weight excluding hydrogens is 470 g/mol. The van der Waals surface area contributed by atoms with Crippen LogP contribution in [-0.4, -0.2) is 58.5 Å². The van der Waals surface area contributed by atoms with E-state index in [4.69, 9.17) is 4.74 Å². The van der Waals surface area contributed by atoms with Crippen LogP contribution >= 0.6 is 0 Å². The standard InChI is InChI=1S/C28H31N5O4/c1-19-9-11-20(12-10-19)21-17-22(26(31-36)29-18-21)25(34)23-7-5-8-24(30-23)32-13-6-14-33(16-15-32)27(35)37-28(2,3)4/h5,7-12,17-18H,6,13-16H2,1-4H3. The predicted molar refractivity (Wildman–Crippen MR) is 142 cm³/mol. The van der Waals surface area contributed by atoms with Gasteiger partial charge >= 0.3 is 6.09 Å². The van der Waals surface area contributed by atoms with Gasteiger partial charge < -0.3 is 14.5 Å². The Morgan fingerprint density at radius 2 is 1.73 bits per heavy atom. The summed E-state index contributed by atoms with van der Waals surface area (Å²) in [5.74, 6) is 0.0269. The van der Waals surface area contributed by atoms with E-state index in [0.717, 1.165) is 17.5 Å². The average Bonchev–Trinajstić information content (AvgIpc) is 3.14. The van der Waals surface area contributed by atoms with Gasteiger partial charge in [-0.1, -0.05) is 35.9 Å². The number of pyridine rings is 2. The third-order valence-electron chi connectivity index (χ3n) is 6.02. The molecule has 1 aliphatic rings. The SMILES string of the molecule is Cc1ccc(-c2cnc(N=O)c(C(=O)c3cccc(N4CCCN(C(=O)OC(C)(C)C)CC4)n3)c2)cc1. The predicted octanol–water partition coefficient (Wildman–Crippen LogP) is 5.53. The highest BCUT2D eigenvalue weighted by molar-refractivity contribution is 6.11. The second kappa shape index (κ2) is 10.9. The Labute approximate surface area is 216 Å². The van der Waals surface area contributed by atoms with Crippen molar-refractivity contribution in [2.75, 3.05) is 31.1 Å². The van der Waals surface area contributed by atoms with Crippen molar-refractivity contribution in [1.82, 2.24) is 14.9 Å². The van der Waals surface area contributed by atoms with Gasteiger partial charge in [-0.15, -0.1) is 4.91 Å². The number of nitrogens with zero attached hydrogens (tertiary/aromatic N) is 5. The summed E-state index contributed by atoms with van der Waals surface area (Å²) in [4.78, 5) is 49.9. The van der Waals surface area contributed by atoms with Crippen molar-refractivity contribution in [3.8, 4) is 11.1 Å². The van der Waals surface area contributed by atoms with Crippen LogP contribution in [0.25, 0.3) is 11.1 Å². The summed E-state index contributed by atoms with van der Waals surface area (Å²) < 4.78 is 5.51. The minimum atomic E-state index is -0.555. The molecule has 9 nitrogen and oxygen atoms in total. The first kappa shape index (κ1) is 25.9. The van der Waals surface area contributed by atoms with Gasteiger partial charge in [-0.3, -0.25) is 4.79 Å². The number of nitroso groups, excluding NO2 is 1. The van der Waals surface area contributed by atoms with Gasteiger partial charge in [-0.2, -0.15) is 0 Å². The van der Waals surface area contributed by atoms with Crippen molar-refractivity contribution in [2.24, 2.45) is 5.18 Å². The van der Waals surface area contributed by atoms with E-state index in [9.17, 15) is 14.5 Å². The molecule has 4 rings (SSSR count). The lowest BCUT2D eigenvalue weighted by atomic mass is 10.0. The van der Waals surface area contributed by atoms with E-state index < -0.39 is 11.4 Å². The first-order valence-corrected chi connectivity index (χ1v) is 12.3. The van der Waals surface area contributed by atoms with Gasteiger partial charge in [0.15, 0.2) is 0 Å². The molecule has 3 heterocycles. The molecule has 0 radical (unpaired) electrons. The number of aryl methyl sites for hydroxylation is 1. The number of amides is 1. The van der Waals surface area contributed by atoms with Gasteiger partial charge in [-0.05, 0) is 63.1 Å². The van der Waals surface area contributed by atoms with Crippen LogP contribution in [0.1, 0.15) is 48.8 Å². The molecule has 192 valence electrons. The van der Waals surface area contributed by atoms with Crippen molar-refractivity contribution < 1.29 is 14.3 Å². The van der Waals surface area contributed by atoms with Crippen molar-refractivity contribution in [3.63, 3.8) is 0 Å². The van der Waals surface area contributed by atoms with Crippen LogP contribution in [0.5, 0.6) is 0 Å². The van der Waals surface area contributed by atoms with E-state index in [-0.39, 0.29) is 23.2 Å². The highest BCUT2D eigenvalue weighted by Gasteiger charge is 2.25. The lowest BCUT2D eigenvalue weighted by Gasteiger charge is -2.26. The van der Waals surface area contributed by atoms with Crippen LogP contribution in [0.4, 0.5) is 16.4 Å². The van der Waals surface area contributed by atoms with E-state index in [0.29, 0.717) is 37.6 Å². The Hall–Kier alpha value is -4.14. The Morgan fingerprint density at radius 3 is 2.43 bits per heavy atom. The van der Waals surface area contributed by atoms with Gasteiger partial charge in [0.2, 0.25) is 11.6 Å². The average molecular weight is 502 g/mol. The molecule has 1 fully saturated rings. The molecule has 3 aromatic rings. The molecule has 1 aromatic carbocycles. The van der Waals surface area contributed by atoms with E-state index in [2.05, 4.69) is 15.1 Å². The van der Waals surface area contributed by atoms with Gasteiger partial charge in [-0.25, -0.2) is 14.8 Å². The summed E-state index contributed by atoms with van der Waals surface area (Å²) in [6.07, 6.45) is 1.94. The highest BCUT2D eigenvalue weighted by Crippen LogP contribution is 2.27. The summed E-state index contributed by atoms with van der Waals surface area (Å²) in [7, 11) is 0. The topological polar surface area (TPSA) is 105 Å². The molecular formula is C28H31N5O4. The zero-order valence-corrected chi connectivity index (χ0v) is 21.6. The van der Waals surface area contributed by atoms with Crippen LogP contribution < -0.4 is 4.90 Å². The van der Waals surface area contributed by atoms with E-state index in [1.807, 2.05) is 62.9 Å². The third-order valence-corrected chi connectivity index (χ3v) is 6.02. The van der Waals surface area contributed by atoms with Gasteiger partial charge in [0.05, 0.1) is 5.56 Å². The van der Waals surface area contributed by atoms with Gasteiger partial charge in [0.25, 0.3) is 0 Å². The van der Waals surface area contributed by atoms with Crippen molar-refractivity contribution in [2.45, 2.75) is 39.7 Å². The molecule has 9 heteroatoms. The van der Waals surface area contributed by atoms with Crippen molar-refractivity contribution >= 4 is 23.5 Å². The Morgan fingerprint density at radius 1 is 0.973 bits per heavy atom. The van der Waals surface area contributed by atoms with Crippen LogP contribution in [-0.2, 0) is 4.74 Å². The zero-order valence-electron chi connectivity index (χ0n) is 21.6. The molecule has 0 aliphatic carbocycles. The zero-order chi connectivity index (χ0) is 26.6. The van der Waals surface area contributed by atoms with E-state index in [1.165, 1.54) is 6.20 Å². The first-order chi connectivity index (χ1) is 17.6. The minimum Gasteiger partial charge on any atom is -0.444 e. The number of rotatable bonds is 5. The number of hydrogen-bond acceptors (Lipinski definition) is 8. The number of ketones is 1. The third kappa shape index (κ3) is 6.35. The number of hydrogen-bond donors (Lipinski definition) is 0. The van der Waals surface area contributed by atoms with Crippen LogP contribution in [0.15, 0.2) is 59.9 Å². The molecule has 1 saturated heterocycles. The molecule has 0 atom stereocenters. The van der Waals surface area contributed by atoms with Crippen LogP contribution in [0.3, 0.4) is 0 Å². The molecule has 0 spiro atoms. The Bertz CT molecular complexity index is 1300. The number of aromatic nitrogens is 2. The summed E-state index contributed by atoms with van der Waals surface area (Å²) >= 11 is 0. The quantitative estimate of drug-likeness (QED) is 0.334. The molecule has 0 N–H and O–H groups in total. The summed E-state index contributed by atoms with van der Waals surface area (Å²) in [5, 5.41) is 2.97. The van der Waals surface area contributed by atoms with Gasteiger partial charge in [0.1, 0.15) is 17.1 Å². The maximum Gasteiger partial charge on any atom is 0.410 e. The second-order valence-corrected chi connectivity index (χ2v) is 10.1. The normalized spacial score (nSPS) is 14.2. The Kier molecular flexibility index (Phi) is 7.61. The van der Waals surface area contributed by atoms with Crippen molar-refractivity contribution in [3.05, 3.63) is 76.5 Å². The fourth-order valence-electron chi connectivity index (χ4n) is 4.12. The maximum absolute atomic E-state index is 13.5. The molecule has 0 unspecified atom stereocenters. The lowest BCUT2D eigenvalue weighted by molar-refractivity contribution is 0.0263. The first-order valence-electron chi connectivity index (χ1n) is 12.3. The monoisotopic (exact) mass is 501 g/mol. The number of benzene rings is 1. The Balaban J connectivity index is 1.55. The fourth-order valence-corrected chi connectivity index (χ4v) is 4.12. The molecule has 37 heavy (non-hydrogen) atoms. The number of carbonyl (C=O) groups excluding carboxylic acids is 2. The smallest absolute Gasteiger partial charge is 0.410 e.